The van der Waals surface area contributed by atoms with E-state index in [1.165, 1.54) is 0 Å². The van der Waals surface area contributed by atoms with Crippen LogP contribution in [0.4, 0.5) is 0 Å². The Morgan fingerprint density at radius 1 is 1.35 bits per heavy atom. The van der Waals surface area contributed by atoms with Gasteiger partial charge < -0.3 is 4.90 Å². The second-order valence-corrected chi connectivity index (χ2v) is 6.57. The van der Waals surface area contributed by atoms with Gasteiger partial charge in [-0.1, -0.05) is 6.07 Å². The van der Waals surface area contributed by atoms with Crippen LogP contribution < -0.4 is 5.32 Å². The molecule has 0 aromatic heterocycles. The summed E-state index contributed by atoms with van der Waals surface area (Å²) >= 11 is 2.16. The molecule has 104 valence electrons. The third-order valence-corrected chi connectivity index (χ3v) is 4.62. The minimum atomic E-state index is -0.700. The molecule has 3 amide bonds. The zero-order valence-electron chi connectivity index (χ0n) is 10.7. The molecule has 0 saturated carbocycles. The largest absolute Gasteiger partial charge is 0.338 e. The summed E-state index contributed by atoms with van der Waals surface area (Å²) in [5, 5.41) is 2.34. The first-order valence-corrected chi connectivity index (χ1v) is 7.47. The minimum absolute atomic E-state index is 0.0764. The van der Waals surface area contributed by atoms with E-state index in [0.717, 1.165) is 3.57 Å². The summed E-state index contributed by atoms with van der Waals surface area (Å²) in [7, 11) is 0. The molecule has 1 spiro atoms. The van der Waals surface area contributed by atoms with Crippen molar-refractivity contribution in [2.75, 3.05) is 13.1 Å². The first-order valence-electron chi connectivity index (χ1n) is 6.39. The molecule has 1 unspecified atom stereocenters. The quantitative estimate of drug-likeness (QED) is 0.584. The third kappa shape index (κ3) is 2.21. The highest BCUT2D eigenvalue weighted by molar-refractivity contribution is 14.1. The Bertz CT molecular complexity index is 616. The fraction of sp³-hybridized carbons (Fsp3) is 0.357. The molecule has 1 aromatic rings. The highest BCUT2D eigenvalue weighted by Gasteiger charge is 2.51. The Hall–Kier alpha value is -1.44. The number of hydrogen-bond donors (Lipinski definition) is 1. The molecule has 1 aromatic carbocycles. The van der Waals surface area contributed by atoms with E-state index < -0.39 is 5.41 Å². The Balaban J connectivity index is 1.79. The maximum absolute atomic E-state index is 12.4. The summed E-state index contributed by atoms with van der Waals surface area (Å²) in [5.41, 5.74) is -0.0759. The lowest BCUT2D eigenvalue weighted by Crippen LogP contribution is -2.36. The smallest absolute Gasteiger partial charge is 0.253 e. The van der Waals surface area contributed by atoms with Gasteiger partial charge >= 0.3 is 0 Å². The van der Waals surface area contributed by atoms with Crippen molar-refractivity contribution in [2.24, 2.45) is 5.41 Å². The summed E-state index contributed by atoms with van der Waals surface area (Å²) in [6.07, 6.45) is 0.752. The third-order valence-electron chi connectivity index (χ3n) is 3.95. The molecular formula is C14H13IN2O3. The fourth-order valence-corrected chi connectivity index (χ4v) is 3.41. The molecule has 2 aliphatic rings. The maximum Gasteiger partial charge on any atom is 0.253 e. The van der Waals surface area contributed by atoms with E-state index >= 15 is 0 Å². The number of amides is 3. The first kappa shape index (κ1) is 13.5. The monoisotopic (exact) mass is 384 g/mol. The van der Waals surface area contributed by atoms with E-state index in [4.69, 9.17) is 0 Å². The number of carbonyl (C=O) groups excluding carboxylic acids is 3. The molecule has 2 aliphatic heterocycles. The first-order chi connectivity index (χ1) is 9.50. The van der Waals surface area contributed by atoms with Crippen LogP contribution in [0, 0.1) is 8.99 Å². The predicted octanol–water partition coefficient (Wildman–Crippen LogP) is 1.17. The Labute approximate surface area is 129 Å². The molecular weight excluding hydrogens is 371 g/mol. The predicted molar refractivity (Wildman–Crippen MR) is 79.9 cm³/mol. The van der Waals surface area contributed by atoms with E-state index in [9.17, 15) is 14.4 Å². The van der Waals surface area contributed by atoms with Crippen molar-refractivity contribution < 1.29 is 14.4 Å². The summed E-state index contributed by atoms with van der Waals surface area (Å²) in [6.45, 7) is 0.847. The lowest BCUT2D eigenvalue weighted by atomic mass is 9.85. The van der Waals surface area contributed by atoms with E-state index in [1.807, 2.05) is 18.2 Å². The van der Waals surface area contributed by atoms with Crippen molar-refractivity contribution in [2.45, 2.75) is 12.8 Å². The van der Waals surface area contributed by atoms with E-state index in [2.05, 4.69) is 27.9 Å². The molecule has 2 heterocycles. The van der Waals surface area contributed by atoms with Gasteiger partial charge in [0.2, 0.25) is 11.8 Å². The fourth-order valence-electron chi connectivity index (χ4n) is 2.87. The second-order valence-electron chi connectivity index (χ2n) is 5.32. The van der Waals surface area contributed by atoms with E-state index in [1.54, 1.807) is 11.0 Å². The zero-order chi connectivity index (χ0) is 14.3. The van der Waals surface area contributed by atoms with Crippen molar-refractivity contribution >= 4 is 40.3 Å². The summed E-state index contributed by atoms with van der Waals surface area (Å²) < 4.78 is 0.996. The second kappa shape index (κ2) is 4.83. The van der Waals surface area contributed by atoms with E-state index in [0.29, 0.717) is 25.1 Å². The van der Waals surface area contributed by atoms with Gasteiger partial charge in [-0.25, -0.2) is 0 Å². The Kier molecular flexibility index (Phi) is 3.27. The molecule has 2 saturated heterocycles. The summed E-state index contributed by atoms with van der Waals surface area (Å²) in [4.78, 5) is 37.4. The van der Waals surface area contributed by atoms with Crippen molar-refractivity contribution in [3.63, 3.8) is 0 Å². The molecule has 2 fully saturated rings. The normalized spacial score (nSPS) is 25.4. The van der Waals surface area contributed by atoms with Crippen molar-refractivity contribution in [3.8, 4) is 0 Å². The highest BCUT2D eigenvalue weighted by atomic mass is 127. The number of hydrogen-bond acceptors (Lipinski definition) is 3. The Morgan fingerprint density at radius 3 is 2.80 bits per heavy atom. The van der Waals surface area contributed by atoms with Gasteiger partial charge in [0.1, 0.15) is 0 Å². The number of halogens is 1. The highest BCUT2D eigenvalue weighted by Crippen LogP contribution is 2.38. The number of carbonyl (C=O) groups is 3. The van der Waals surface area contributed by atoms with Gasteiger partial charge in [0.25, 0.3) is 5.91 Å². The standard InChI is InChI=1S/C14H13IN2O3/c15-10-3-1-2-9(6-10)12(19)17-5-4-14(8-17)7-11(18)16-13(14)20/h1-3,6H,4-5,7-8H2,(H,16,18,20). The van der Waals surface area contributed by atoms with Crippen molar-refractivity contribution in [1.29, 1.82) is 0 Å². The van der Waals surface area contributed by atoms with Crippen LogP contribution >= 0.6 is 22.6 Å². The molecule has 20 heavy (non-hydrogen) atoms. The average Bonchev–Trinajstić information content (AvgIpc) is 2.94. The molecule has 0 aliphatic carbocycles. The van der Waals surface area contributed by atoms with Gasteiger partial charge in [0.05, 0.1) is 5.41 Å². The van der Waals surface area contributed by atoms with Gasteiger partial charge in [-0.3, -0.25) is 19.7 Å². The van der Waals surface area contributed by atoms with Crippen LogP contribution in [-0.2, 0) is 9.59 Å². The lowest BCUT2D eigenvalue weighted by Gasteiger charge is -2.20. The van der Waals surface area contributed by atoms with Crippen molar-refractivity contribution in [1.82, 2.24) is 10.2 Å². The number of imide groups is 1. The summed E-state index contributed by atoms with van der Waals surface area (Å²) in [5.74, 6) is -0.549. The van der Waals surface area contributed by atoms with Crippen LogP contribution in [-0.4, -0.2) is 35.7 Å². The molecule has 5 nitrogen and oxygen atoms in total. The van der Waals surface area contributed by atoms with E-state index in [-0.39, 0.29) is 24.1 Å². The minimum Gasteiger partial charge on any atom is -0.338 e. The van der Waals surface area contributed by atoms with Gasteiger partial charge in [-0.2, -0.15) is 0 Å². The Morgan fingerprint density at radius 2 is 2.15 bits per heavy atom. The number of nitrogens with zero attached hydrogens (tertiary/aromatic N) is 1. The lowest BCUT2D eigenvalue weighted by molar-refractivity contribution is -0.128. The zero-order valence-corrected chi connectivity index (χ0v) is 12.8. The average molecular weight is 384 g/mol. The summed E-state index contributed by atoms with van der Waals surface area (Å²) in [6, 6.07) is 7.36. The number of benzene rings is 1. The molecule has 1 atom stereocenters. The maximum atomic E-state index is 12.4. The SMILES string of the molecule is O=C1CC2(CCN(C(=O)c3cccc(I)c3)C2)C(=O)N1. The van der Waals surface area contributed by atoms with Gasteiger partial charge in [0, 0.05) is 28.6 Å². The number of rotatable bonds is 1. The molecule has 6 heteroatoms. The molecule has 3 rings (SSSR count). The van der Waals surface area contributed by atoms with Gasteiger partial charge in [-0.15, -0.1) is 0 Å². The molecule has 0 bridgehead atoms. The van der Waals surface area contributed by atoms with Crippen molar-refractivity contribution in [3.05, 3.63) is 33.4 Å². The van der Waals surface area contributed by atoms with Crippen LogP contribution in [0.3, 0.4) is 0 Å². The topological polar surface area (TPSA) is 66.5 Å². The van der Waals surface area contributed by atoms with Crippen LogP contribution in [0.15, 0.2) is 24.3 Å². The molecule has 1 N–H and O–H groups in total. The van der Waals surface area contributed by atoms with Gasteiger partial charge in [-0.05, 0) is 47.2 Å². The van der Waals surface area contributed by atoms with Crippen LogP contribution in [0.2, 0.25) is 0 Å². The van der Waals surface area contributed by atoms with Crippen LogP contribution in [0.1, 0.15) is 23.2 Å². The van der Waals surface area contributed by atoms with Crippen LogP contribution in [0.25, 0.3) is 0 Å². The molecule has 0 radical (unpaired) electrons. The number of nitrogens with one attached hydrogen (secondary N) is 1. The van der Waals surface area contributed by atoms with Gasteiger partial charge in [0.15, 0.2) is 0 Å². The number of likely N-dealkylation sites (tertiary alicyclic amines) is 1. The van der Waals surface area contributed by atoms with Crippen LogP contribution in [0.5, 0.6) is 0 Å².